The van der Waals surface area contributed by atoms with Crippen LogP contribution in [0, 0.1) is 3.57 Å². The van der Waals surface area contributed by atoms with Gasteiger partial charge in [0.1, 0.15) is 0 Å². The number of hydrogen-bond donors (Lipinski definition) is 1. The highest BCUT2D eigenvalue weighted by atomic mass is 127. The Hall–Kier alpha value is -1.80. The molecule has 0 saturated carbocycles. The largest absolute Gasteiger partial charge is 0.452 e. The van der Waals surface area contributed by atoms with Gasteiger partial charge in [-0.3, -0.25) is 4.79 Å². The van der Waals surface area contributed by atoms with Crippen molar-refractivity contribution in [2.45, 2.75) is 4.90 Å². The van der Waals surface area contributed by atoms with E-state index in [1.807, 2.05) is 42.7 Å². The first-order chi connectivity index (χ1) is 11.6. The fourth-order valence-corrected chi connectivity index (χ4v) is 2.56. The number of esters is 1. The van der Waals surface area contributed by atoms with Crippen LogP contribution in [-0.2, 0) is 14.3 Å². The maximum atomic E-state index is 11.7. The van der Waals surface area contributed by atoms with Gasteiger partial charge in [0.15, 0.2) is 6.61 Å². The Morgan fingerprint density at radius 3 is 2.42 bits per heavy atom. The standard InChI is InChI=1S/C18H16INO3S/c1-24-16-9-2-13(3-10-16)4-11-18(22)23-12-17(21)20-15-7-5-14(19)6-8-15/h2-11H,12H2,1H3,(H,20,21)/b11-4+. The van der Waals surface area contributed by atoms with Crippen molar-refractivity contribution in [1.29, 1.82) is 0 Å². The van der Waals surface area contributed by atoms with Crippen molar-refractivity contribution in [1.82, 2.24) is 0 Å². The second kappa shape index (κ2) is 9.48. The number of anilines is 1. The van der Waals surface area contributed by atoms with E-state index in [4.69, 9.17) is 4.74 Å². The predicted octanol–water partition coefficient (Wildman–Crippen LogP) is 4.21. The van der Waals surface area contributed by atoms with Gasteiger partial charge in [-0.05, 0) is 76.9 Å². The highest BCUT2D eigenvalue weighted by Gasteiger charge is 2.05. The SMILES string of the molecule is CSc1ccc(/C=C/C(=O)OCC(=O)Nc2ccc(I)cc2)cc1. The zero-order valence-corrected chi connectivity index (χ0v) is 16.0. The first-order valence-electron chi connectivity index (χ1n) is 7.11. The van der Waals surface area contributed by atoms with Crippen LogP contribution in [0.25, 0.3) is 6.08 Å². The molecule has 0 radical (unpaired) electrons. The number of amides is 1. The van der Waals surface area contributed by atoms with Crippen molar-refractivity contribution in [3.63, 3.8) is 0 Å². The Kier molecular flexibility index (Phi) is 7.33. The Balaban J connectivity index is 1.78. The maximum absolute atomic E-state index is 11.7. The van der Waals surface area contributed by atoms with E-state index < -0.39 is 5.97 Å². The maximum Gasteiger partial charge on any atom is 0.331 e. The summed E-state index contributed by atoms with van der Waals surface area (Å²) in [5.41, 5.74) is 1.56. The number of carbonyl (C=O) groups is 2. The fraction of sp³-hybridized carbons (Fsp3) is 0.111. The average molecular weight is 453 g/mol. The Morgan fingerprint density at radius 2 is 1.79 bits per heavy atom. The van der Waals surface area contributed by atoms with Crippen molar-refractivity contribution in [3.8, 4) is 0 Å². The quantitative estimate of drug-likeness (QED) is 0.308. The number of rotatable bonds is 6. The van der Waals surface area contributed by atoms with Crippen molar-refractivity contribution in [2.24, 2.45) is 0 Å². The van der Waals surface area contributed by atoms with Crippen LogP contribution in [0.2, 0.25) is 0 Å². The smallest absolute Gasteiger partial charge is 0.331 e. The second-order valence-corrected chi connectivity index (χ2v) is 6.89. The number of carbonyl (C=O) groups excluding carboxylic acids is 2. The van der Waals surface area contributed by atoms with Crippen LogP contribution in [0.1, 0.15) is 5.56 Å². The second-order valence-electron chi connectivity index (χ2n) is 4.77. The topological polar surface area (TPSA) is 55.4 Å². The Labute approximate surface area is 158 Å². The molecule has 0 bridgehead atoms. The summed E-state index contributed by atoms with van der Waals surface area (Å²) in [7, 11) is 0. The van der Waals surface area contributed by atoms with E-state index in [9.17, 15) is 9.59 Å². The molecule has 0 aromatic heterocycles. The molecule has 24 heavy (non-hydrogen) atoms. The number of nitrogens with one attached hydrogen (secondary N) is 1. The molecular formula is C18H16INO3S. The lowest BCUT2D eigenvalue weighted by Gasteiger charge is -2.05. The minimum atomic E-state index is -0.554. The molecule has 6 heteroatoms. The summed E-state index contributed by atoms with van der Waals surface area (Å²) in [5.74, 6) is -0.927. The molecule has 0 unspecified atom stereocenters. The van der Waals surface area contributed by atoms with Crippen molar-refractivity contribution < 1.29 is 14.3 Å². The molecule has 2 aromatic rings. The molecule has 1 amide bonds. The summed E-state index contributed by atoms with van der Waals surface area (Å²) >= 11 is 3.84. The highest BCUT2D eigenvalue weighted by molar-refractivity contribution is 14.1. The number of halogens is 1. The van der Waals surface area contributed by atoms with Gasteiger partial charge in [-0.2, -0.15) is 0 Å². The van der Waals surface area contributed by atoms with Gasteiger partial charge in [0.05, 0.1) is 0 Å². The summed E-state index contributed by atoms with van der Waals surface area (Å²) in [6, 6.07) is 15.1. The molecule has 0 aliphatic carbocycles. The zero-order valence-electron chi connectivity index (χ0n) is 13.0. The van der Waals surface area contributed by atoms with Crippen LogP contribution in [-0.4, -0.2) is 24.7 Å². The van der Waals surface area contributed by atoms with Gasteiger partial charge >= 0.3 is 5.97 Å². The van der Waals surface area contributed by atoms with Crippen LogP contribution in [0.4, 0.5) is 5.69 Å². The van der Waals surface area contributed by atoms with E-state index in [0.717, 1.165) is 14.0 Å². The molecule has 1 N–H and O–H groups in total. The highest BCUT2D eigenvalue weighted by Crippen LogP contribution is 2.15. The van der Waals surface area contributed by atoms with Crippen LogP contribution in [0.15, 0.2) is 59.5 Å². The minimum Gasteiger partial charge on any atom is -0.452 e. The van der Waals surface area contributed by atoms with Gasteiger partial charge < -0.3 is 10.1 Å². The molecular weight excluding hydrogens is 437 g/mol. The van der Waals surface area contributed by atoms with Gasteiger partial charge in [-0.1, -0.05) is 12.1 Å². The molecule has 4 nitrogen and oxygen atoms in total. The van der Waals surface area contributed by atoms with Gasteiger partial charge in [0, 0.05) is 20.2 Å². The van der Waals surface area contributed by atoms with Crippen molar-refractivity contribution in [2.75, 3.05) is 18.2 Å². The molecule has 2 rings (SSSR count). The fourth-order valence-electron chi connectivity index (χ4n) is 1.79. The van der Waals surface area contributed by atoms with E-state index in [-0.39, 0.29) is 12.5 Å². The molecule has 0 atom stereocenters. The van der Waals surface area contributed by atoms with E-state index in [0.29, 0.717) is 5.69 Å². The molecule has 0 fully saturated rings. The summed E-state index contributed by atoms with van der Waals surface area (Å²) < 4.78 is 6.00. The molecule has 0 aliphatic rings. The number of thioether (sulfide) groups is 1. The minimum absolute atomic E-state index is 0.319. The van der Waals surface area contributed by atoms with Crippen LogP contribution in [0.5, 0.6) is 0 Å². The Bertz CT molecular complexity index is 727. The third-order valence-electron chi connectivity index (χ3n) is 3.00. The van der Waals surface area contributed by atoms with Crippen LogP contribution >= 0.6 is 34.4 Å². The number of ether oxygens (including phenoxy) is 1. The number of hydrogen-bond acceptors (Lipinski definition) is 4. The average Bonchev–Trinajstić information content (AvgIpc) is 2.60. The Morgan fingerprint density at radius 1 is 1.12 bits per heavy atom. The summed E-state index contributed by atoms with van der Waals surface area (Å²) in [4.78, 5) is 24.5. The lowest BCUT2D eigenvalue weighted by molar-refractivity contribution is -0.142. The molecule has 124 valence electrons. The van der Waals surface area contributed by atoms with E-state index in [1.54, 1.807) is 30.0 Å². The molecule has 2 aromatic carbocycles. The number of benzene rings is 2. The molecule has 0 saturated heterocycles. The predicted molar refractivity (Wildman–Crippen MR) is 106 cm³/mol. The van der Waals surface area contributed by atoms with E-state index in [1.165, 1.54) is 6.08 Å². The lowest BCUT2D eigenvalue weighted by Crippen LogP contribution is -2.20. The van der Waals surface area contributed by atoms with Gasteiger partial charge in [0.2, 0.25) is 0 Å². The van der Waals surface area contributed by atoms with Crippen LogP contribution in [0.3, 0.4) is 0 Å². The normalized spacial score (nSPS) is 10.6. The van der Waals surface area contributed by atoms with Crippen molar-refractivity contribution >= 4 is 58.0 Å². The van der Waals surface area contributed by atoms with Crippen LogP contribution < -0.4 is 5.32 Å². The first-order valence-corrected chi connectivity index (χ1v) is 9.41. The van der Waals surface area contributed by atoms with E-state index >= 15 is 0 Å². The molecule has 0 heterocycles. The lowest BCUT2D eigenvalue weighted by atomic mass is 10.2. The van der Waals surface area contributed by atoms with Gasteiger partial charge in [0.25, 0.3) is 5.91 Å². The summed E-state index contributed by atoms with van der Waals surface area (Å²) in [5, 5.41) is 2.67. The van der Waals surface area contributed by atoms with Gasteiger partial charge in [-0.15, -0.1) is 11.8 Å². The zero-order chi connectivity index (χ0) is 17.4. The molecule has 0 spiro atoms. The third kappa shape index (κ3) is 6.37. The molecule has 0 aliphatic heterocycles. The van der Waals surface area contributed by atoms with Gasteiger partial charge in [-0.25, -0.2) is 4.79 Å². The van der Waals surface area contributed by atoms with E-state index in [2.05, 4.69) is 27.9 Å². The summed E-state index contributed by atoms with van der Waals surface area (Å²) in [6.45, 7) is -0.319. The summed E-state index contributed by atoms with van der Waals surface area (Å²) in [6.07, 6.45) is 4.97. The monoisotopic (exact) mass is 453 g/mol. The van der Waals surface area contributed by atoms with Crippen molar-refractivity contribution in [3.05, 3.63) is 63.7 Å². The third-order valence-corrected chi connectivity index (χ3v) is 4.46. The first kappa shape index (κ1) is 18.5.